The molecule has 0 aliphatic heterocycles. The highest BCUT2D eigenvalue weighted by atomic mass is 79.9. The molecular formula is C31H29BrN2O5. The number of alkyl halides is 1. The molecule has 0 atom stereocenters. The van der Waals surface area contributed by atoms with Crippen molar-refractivity contribution >= 4 is 33.7 Å². The molecule has 8 heteroatoms. The fraction of sp³-hybridized carbons (Fsp3) is 0.258. The molecule has 1 N–H and O–H groups in total. The summed E-state index contributed by atoms with van der Waals surface area (Å²) in [5, 5.41) is 7.56. The second-order valence-corrected chi connectivity index (χ2v) is 10.1. The molecule has 5 rings (SSSR count). The van der Waals surface area contributed by atoms with Crippen LogP contribution < -0.4 is 5.32 Å². The number of esters is 1. The Bertz CT molecular complexity index is 1470. The summed E-state index contributed by atoms with van der Waals surface area (Å²) < 4.78 is 16.3. The third kappa shape index (κ3) is 5.76. The fourth-order valence-electron chi connectivity index (χ4n) is 4.60. The number of nitrogens with one attached hydrogen (secondary N) is 1. The van der Waals surface area contributed by atoms with E-state index in [-0.39, 0.29) is 12.6 Å². The SMILES string of the molecule is CCOC(=O)C1(c2ccc(-c3ccc(-c4onc(C)c4NC(=O)OCc4cccc(CBr)c4)cc3)cc2)CC1. The molecular weight excluding hydrogens is 560 g/mol. The van der Waals surface area contributed by atoms with Gasteiger partial charge in [0.1, 0.15) is 18.0 Å². The maximum absolute atomic E-state index is 12.6. The summed E-state index contributed by atoms with van der Waals surface area (Å²) in [6.07, 6.45) is 1.06. The van der Waals surface area contributed by atoms with Gasteiger partial charge in [0.05, 0.1) is 12.0 Å². The highest BCUT2D eigenvalue weighted by Gasteiger charge is 2.52. The van der Waals surface area contributed by atoms with Crippen LogP contribution in [-0.4, -0.2) is 23.8 Å². The maximum Gasteiger partial charge on any atom is 0.412 e. The molecule has 200 valence electrons. The first-order valence-electron chi connectivity index (χ1n) is 12.9. The lowest BCUT2D eigenvalue weighted by Gasteiger charge is -2.14. The third-order valence-electron chi connectivity index (χ3n) is 6.94. The Morgan fingerprint density at radius 2 is 1.59 bits per heavy atom. The van der Waals surface area contributed by atoms with Crippen LogP contribution in [0.15, 0.2) is 77.3 Å². The number of benzene rings is 3. The van der Waals surface area contributed by atoms with Crippen LogP contribution in [0.2, 0.25) is 0 Å². The second-order valence-electron chi connectivity index (χ2n) is 9.58. The molecule has 7 nitrogen and oxygen atoms in total. The number of hydrogen-bond donors (Lipinski definition) is 1. The van der Waals surface area contributed by atoms with Gasteiger partial charge in [0.15, 0.2) is 5.76 Å². The summed E-state index contributed by atoms with van der Waals surface area (Å²) in [5.74, 6) is 0.319. The van der Waals surface area contributed by atoms with E-state index in [2.05, 4.69) is 26.4 Å². The van der Waals surface area contributed by atoms with E-state index in [0.717, 1.165) is 51.6 Å². The average Bonchev–Trinajstić information content (AvgIpc) is 3.71. The van der Waals surface area contributed by atoms with E-state index in [1.807, 2.05) is 79.7 Å². The molecule has 4 aromatic rings. The third-order valence-corrected chi connectivity index (χ3v) is 7.59. The molecule has 1 aromatic heterocycles. The van der Waals surface area contributed by atoms with Gasteiger partial charge in [-0.1, -0.05) is 93.9 Å². The Balaban J connectivity index is 1.26. The van der Waals surface area contributed by atoms with E-state index in [0.29, 0.717) is 23.7 Å². The van der Waals surface area contributed by atoms with Gasteiger partial charge < -0.3 is 14.0 Å². The van der Waals surface area contributed by atoms with E-state index in [4.69, 9.17) is 14.0 Å². The Morgan fingerprint density at radius 1 is 0.949 bits per heavy atom. The Morgan fingerprint density at radius 3 is 2.23 bits per heavy atom. The lowest BCUT2D eigenvalue weighted by molar-refractivity contribution is -0.146. The van der Waals surface area contributed by atoms with Gasteiger partial charge in [0.2, 0.25) is 0 Å². The van der Waals surface area contributed by atoms with Gasteiger partial charge in [-0.15, -0.1) is 0 Å². The van der Waals surface area contributed by atoms with Gasteiger partial charge in [0.25, 0.3) is 0 Å². The molecule has 1 fully saturated rings. The zero-order valence-corrected chi connectivity index (χ0v) is 23.4. The standard InChI is InChI=1S/C31H29BrN2O5/c1-3-37-29(35)31(15-16-31)26-13-11-24(12-14-26)23-7-9-25(10-8-23)28-27(20(2)34-39-28)33-30(36)38-19-22-6-4-5-21(17-22)18-32/h4-14,17H,3,15-16,18-19H2,1-2H3,(H,33,36). The molecule has 1 aliphatic rings. The number of aromatic nitrogens is 1. The first-order valence-corrected chi connectivity index (χ1v) is 14.0. The first kappa shape index (κ1) is 26.7. The van der Waals surface area contributed by atoms with Crippen LogP contribution in [0, 0.1) is 6.92 Å². The van der Waals surface area contributed by atoms with Crippen LogP contribution >= 0.6 is 15.9 Å². The Kier molecular flexibility index (Phi) is 7.84. The van der Waals surface area contributed by atoms with Crippen molar-refractivity contribution in [3.63, 3.8) is 0 Å². The van der Waals surface area contributed by atoms with Gasteiger partial charge in [-0.3, -0.25) is 10.1 Å². The summed E-state index contributed by atoms with van der Waals surface area (Å²) in [4.78, 5) is 25.0. The van der Waals surface area contributed by atoms with Gasteiger partial charge in [-0.2, -0.15) is 0 Å². The molecule has 0 unspecified atom stereocenters. The van der Waals surface area contributed by atoms with Gasteiger partial charge in [-0.05, 0) is 54.5 Å². The zero-order valence-electron chi connectivity index (χ0n) is 21.8. The van der Waals surface area contributed by atoms with Gasteiger partial charge in [0, 0.05) is 10.9 Å². The monoisotopic (exact) mass is 588 g/mol. The van der Waals surface area contributed by atoms with E-state index >= 15 is 0 Å². The molecule has 3 aromatic carbocycles. The van der Waals surface area contributed by atoms with Crippen molar-refractivity contribution in [3.8, 4) is 22.5 Å². The van der Waals surface area contributed by atoms with E-state index in [1.165, 1.54) is 0 Å². The largest absolute Gasteiger partial charge is 0.465 e. The normalized spacial score (nSPS) is 13.5. The van der Waals surface area contributed by atoms with E-state index in [1.54, 1.807) is 6.92 Å². The van der Waals surface area contributed by atoms with Crippen LogP contribution in [-0.2, 0) is 31.6 Å². The van der Waals surface area contributed by atoms with E-state index in [9.17, 15) is 9.59 Å². The van der Waals surface area contributed by atoms with Gasteiger partial charge in [-0.25, -0.2) is 4.79 Å². The van der Waals surface area contributed by atoms with Crippen molar-refractivity contribution in [3.05, 3.63) is 95.2 Å². The molecule has 0 saturated heterocycles. The molecule has 39 heavy (non-hydrogen) atoms. The molecule has 0 radical (unpaired) electrons. The van der Waals surface area contributed by atoms with Crippen molar-refractivity contribution in [1.29, 1.82) is 0 Å². The van der Waals surface area contributed by atoms with Crippen LogP contribution in [0.3, 0.4) is 0 Å². The van der Waals surface area contributed by atoms with Crippen LogP contribution in [0.5, 0.6) is 0 Å². The highest BCUT2D eigenvalue weighted by Crippen LogP contribution is 2.49. The molecule has 1 heterocycles. The fourth-order valence-corrected chi connectivity index (χ4v) is 4.95. The Hall–Kier alpha value is -3.91. The topological polar surface area (TPSA) is 90.7 Å². The summed E-state index contributed by atoms with van der Waals surface area (Å²) in [7, 11) is 0. The number of rotatable bonds is 9. The van der Waals surface area contributed by atoms with E-state index < -0.39 is 11.5 Å². The number of anilines is 1. The number of hydrogen-bond acceptors (Lipinski definition) is 6. The average molecular weight is 589 g/mol. The number of aryl methyl sites for hydroxylation is 1. The minimum Gasteiger partial charge on any atom is -0.465 e. The number of carbonyl (C=O) groups excluding carboxylic acids is 2. The summed E-state index contributed by atoms with van der Waals surface area (Å²) in [5.41, 5.74) is 6.38. The highest BCUT2D eigenvalue weighted by molar-refractivity contribution is 9.08. The number of halogens is 1. The first-order chi connectivity index (χ1) is 18.9. The summed E-state index contributed by atoms with van der Waals surface area (Å²) in [6.45, 7) is 4.14. The molecule has 0 bridgehead atoms. The second kappa shape index (κ2) is 11.5. The molecule has 0 spiro atoms. The van der Waals surface area contributed by atoms with Crippen LogP contribution in [0.1, 0.15) is 42.1 Å². The quantitative estimate of drug-likeness (QED) is 0.160. The number of amides is 1. The van der Waals surface area contributed by atoms with Gasteiger partial charge >= 0.3 is 12.1 Å². The lowest BCUT2D eigenvalue weighted by Crippen LogP contribution is -2.23. The number of nitrogens with zero attached hydrogens (tertiary/aromatic N) is 1. The van der Waals surface area contributed by atoms with Crippen molar-refractivity contribution in [2.45, 2.75) is 44.0 Å². The zero-order chi connectivity index (χ0) is 27.4. The molecule has 1 aliphatic carbocycles. The van der Waals surface area contributed by atoms with Crippen LogP contribution in [0.25, 0.3) is 22.5 Å². The smallest absolute Gasteiger partial charge is 0.412 e. The minimum absolute atomic E-state index is 0.137. The predicted molar refractivity (Wildman–Crippen MR) is 153 cm³/mol. The van der Waals surface area contributed by atoms with Crippen LogP contribution in [0.4, 0.5) is 10.5 Å². The van der Waals surface area contributed by atoms with Crippen molar-refractivity contribution in [2.75, 3.05) is 11.9 Å². The number of ether oxygens (including phenoxy) is 2. The molecule has 1 amide bonds. The molecule has 1 saturated carbocycles. The summed E-state index contributed by atoms with van der Waals surface area (Å²) in [6, 6.07) is 23.7. The lowest BCUT2D eigenvalue weighted by atomic mass is 9.93. The Labute approximate surface area is 235 Å². The maximum atomic E-state index is 12.6. The van der Waals surface area contributed by atoms with Crippen molar-refractivity contribution in [1.82, 2.24) is 5.16 Å². The number of carbonyl (C=O) groups is 2. The van der Waals surface area contributed by atoms with Crippen molar-refractivity contribution < 1.29 is 23.6 Å². The van der Waals surface area contributed by atoms with Crippen molar-refractivity contribution in [2.24, 2.45) is 0 Å². The predicted octanol–water partition coefficient (Wildman–Crippen LogP) is 7.56. The minimum atomic E-state index is -0.584. The summed E-state index contributed by atoms with van der Waals surface area (Å²) >= 11 is 3.44.